The number of rotatable bonds is 17. The lowest BCUT2D eigenvalue weighted by Crippen LogP contribution is -2.47. The van der Waals surface area contributed by atoms with Crippen LogP contribution in [-0.2, 0) is 32.2 Å². The fraction of sp³-hybridized carbons (Fsp3) is 0.476. The zero-order valence-electron chi connectivity index (χ0n) is 32.3. The number of unbranched alkanes of at least 4 members (excludes halogenated alkanes) is 1. The van der Waals surface area contributed by atoms with Gasteiger partial charge >= 0.3 is 0 Å². The van der Waals surface area contributed by atoms with Gasteiger partial charge in [-0.05, 0) is 111 Å². The highest BCUT2D eigenvalue weighted by molar-refractivity contribution is 8.32. The second-order valence-corrected chi connectivity index (χ2v) is 20.0. The molecule has 12 heteroatoms. The molecule has 2 aliphatic rings. The van der Waals surface area contributed by atoms with E-state index in [1.807, 2.05) is 55.1 Å². The highest BCUT2D eigenvalue weighted by atomic mass is 32.3. The van der Waals surface area contributed by atoms with Crippen LogP contribution < -0.4 is 15.5 Å². The summed E-state index contributed by atoms with van der Waals surface area (Å²) in [4.78, 5) is 33.0. The number of carbonyl (C=O) groups excluding carboxylic acids is 2. The van der Waals surface area contributed by atoms with Crippen molar-refractivity contribution in [2.75, 3.05) is 67.6 Å². The number of anilines is 2. The highest BCUT2D eigenvalue weighted by Crippen LogP contribution is 2.40. The van der Waals surface area contributed by atoms with Crippen molar-refractivity contribution in [3.63, 3.8) is 0 Å². The zero-order valence-corrected chi connectivity index (χ0v) is 33.1. The second kappa shape index (κ2) is 17.5. The predicted molar refractivity (Wildman–Crippen MR) is 217 cm³/mol. The molecule has 6 rings (SSSR count). The van der Waals surface area contributed by atoms with Gasteiger partial charge in [-0.2, -0.15) is 5.10 Å². The normalized spacial score (nSPS) is 16.1. The Kier molecular flexibility index (Phi) is 12.8. The maximum absolute atomic E-state index is 14.7. The van der Waals surface area contributed by atoms with Gasteiger partial charge in [0.2, 0.25) is 5.91 Å². The summed E-state index contributed by atoms with van der Waals surface area (Å²) in [7, 11) is -0.618. The molecule has 1 atom stereocenters. The Labute approximate surface area is 320 Å². The molecule has 0 radical (unpaired) electrons. The van der Waals surface area contributed by atoms with E-state index in [1.165, 1.54) is 5.56 Å². The number of ether oxygens (including phenoxy) is 2. The summed E-state index contributed by atoms with van der Waals surface area (Å²) in [6.45, 7) is 8.23. The second-order valence-electron chi connectivity index (χ2n) is 15.4. The molecule has 290 valence electrons. The van der Waals surface area contributed by atoms with E-state index in [0.29, 0.717) is 45.1 Å². The Morgan fingerprint density at radius 1 is 0.963 bits per heavy atom. The van der Waals surface area contributed by atoms with E-state index in [4.69, 9.17) is 14.6 Å². The van der Waals surface area contributed by atoms with E-state index in [-0.39, 0.29) is 18.7 Å². The Balaban J connectivity index is 1.03. The number of carbonyl (C=O) groups is 2. The number of amides is 2. The van der Waals surface area contributed by atoms with Crippen LogP contribution >= 0.6 is 10.0 Å². The first-order valence-electron chi connectivity index (χ1n) is 19.0. The van der Waals surface area contributed by atoms with Gasteiger partial charge in [-0.3, -0.25) is 9.59 Å². The SMILES string of the molecule is Cc1nn(COCCS(C)(C)C)c(C)c1-c1ccc(NC(=O)C(CCCCc2ccc(-c3ccnc(N4CCOCC4)c3)cc2)NC(=O)C2(F)CC2)cc1. The maximum atomic E-state index is 14.7. The first-order chi connectivity index (χ1) is 25.9. The fourth-order valence-electron chi connectivity index (χ4n) is 6.65. The van der Waals surface area contributed by atoms with Crippen LogP contribution in [0.5, 0.6) is 0 Å². The lowest BCUT2D eigenvalue weighted by molar-refractivity contribution is -0.131. The number of alkyl halides is 1. The number of halogens is 1. The summed E-state index contributed by atoms with van der Waals surface area (Å²) in [5, 5.41) is 10.4. The van der Waals surface area contributed by atoms with Crippen LogP contribution in [0.2, 0.25) is 0 Å². The summed E-state index contributed by atoms with van der Waals surface area (Å²) >= 11 is 0. The smallest absolute Gasteiger partial charge is 0.258 e. The average Bonchev–Trinajstić information content (AvgIpc) is 3.86. The molecule has 2 N–H and O–H groups in total. The molecule has 0 bridgehead atoms. The van der Waals surface area contributed by atoms with Gasteiger partial charge in [0.15, 0.2) is 5.67 Å². The van der Waals surface area contributed by atoms with Crippen LogP contribution in [0.25, 0.3) is 22.3 Å². The van der Waals surface area contributed by atoms with Crippen LogP contribution in [-0.4, -0.2) is 95.7 Å². The van der Waals surface area contributed by atoms with Gasteiger partial charge in [0.1, 0.15) is 18.6 Å². The van der Waals surface area contributed by atoms with Crippen molar-refractivity contribution in [1.82, 2.24) is 20.1 Å². The first kappa shape index (κ1) is 39.4. The van der Waals surface area contributed by atoms with Gasteiger partial charge < -0.3 is 25.0 Å². The fourth-order valence-corrected chi connectivity index (χ4v) is 7.27. The molecule has 0 spiro atoms. The average molecular weight is 759 g/mol. The predicted octanol–water partition coefficient (Wildman–Crippen LogP) is 7.07. The third kappa shape index (κ3) is 10.5. The lowest BCUT2D eigenvalue weighted by Gasteiger charge is -2.28. The zero-order chi connectivity index (χ0) is 38.3. The molecule has 3 heterocycles. The first-order valence-corrected chi connectivity index (χ1v) is 22.0. The monoisotopic (exact) mass is 758 g/mol. The largest absolute Gasteiger partial charge is 0.378 e. The van der Waals surface area contributed by atoms with Gasteiger partial charge in [-0.1, -0.05) is 42.8 Å². The Bertz CT molecular complexity index is 1880. The van der Waals surface area contributed by atoms with Crippen LogP contribution in [0.3, 0.4) is 0 Å². The number of benzene rings is 2. The van der Waals surface area contributed by atoms with Crippen molar-refractivity contribution in [3.8, 4) is 22.3 Å². The third-order valence-electron chi connectivity index (χ3n) is 10.2. The van der Waals surface area contributed by atoms with Crippen molar-refractivity contribution in [3.05, 3.63) is 83.8 Å². The summed E-state index contributed by atoms with van der Waals surface area (Å²) in [5.41, 5.74) is 6.11. The Morgan fingerprint density at radius 2 is 1.67 bits per heavy atom. The topological polar surface area (TPSA) is 111 Å². The molecular weight excluding hydrogens is 704 g/mol. The minimum absolute atomic E-state index is 0.193. The minimum Gasteiger partial charge on any atom is -0.378 e. The Morgan fingerprint density at radius 3 is 2.35 bits per heavy atom. The molecule has 1 aliphatic carbocycles. The van der Waals surface area contributed by atoms with E-state index in [1.54, 1.807) is 0 Å². The van der Waals surface area contributed by atoms with Crippen molar-refractivity contribution < 1.29 is 23.5 Å². The third-order valence-corrected chi connectivity index (χ3v) is 11.6. The molecule has 2 aromatic heterocycles. The maximum Gasteiger partial charge on any atom is 0.258 e. The molecule has 54 heavy (non-hydrogen) atoms. The number of pyridine rings is 1. The van der Waals surface area contributed by atoms with Crippen LogP contribution in [0.1, 0.15) is 49.1 Å². The van der Waals surface area contributed by atoms with Crippen molar-refractivity contribution in [1.29, 1.82) is 0 Å². The minimum atomic E-state index is -1.86. The molecule has 4 aromatic rings. The van der Waals surface area contributed by atoms with E-state index in [9.17, 15) is 14.0 Å². The van der Waals surface area contributed by atoms with Gasteiger partial charge in [0.05, 0.1) is 25.5 Å². The van der Waals surface area contributed by atoms with E-state index < -0.39 is 27.6 Å². The highest BCUT2D eigenvalue weighted by Gasteiger charge is 2.51. The van der Waals surface area contributed by atoms with Gasteiger partial charge in [-0.15, -0.1) is 0 Å². The molecule has 1 aliphatic heterocycles. The number of nitrogens with zero attached hydrogens (tertiary/aromatic N) is 4. The molecule has 10 nitrogen and oxygen atoms in total. The van der Waals surface area contributed by atoms with E-state index >= 15 is 0 Å². The molecule has 1 unspecified atom stereocenters. The number of hydrogen-bond donors (Lipinski definition) is 2. The lowest BCUT2D eigenvalue weighted by atomic mass is 10.0. The van der Waals surface area contributed by atoms with Gasteiger partial charge in [0, 0.05) is 42.0 Å². The van der Waals surface area contributed by atoms with Crippen molar-refractivity contribution >= 4 is 33.3 Å². The van der Waals surface area contributed by atoms with Gasteiger partial charge in [0.25, 0.3) is 5.91 Å². The number of hydrogen-bond acceptors (Lipinski definition) is 7. The van der Waals surface area contributed by atoms with Crippen LogP contribution in [0.4, 0.5) is 15.9 Å². The molecule has 2 amide bonds. The summed E-state index contributed by atoms with van der Waals surface area (Å²) < 4.78 is 28.0. The summed E-state index contributed by atoms with van der Waals surface area (Å²) in [6, 6.07) is 19.5. The summed E-state index contributed by atoms with van der Waals surface area (Å²) in [6.07, 6.45) is 11.8. The molecule has 2 fully saturated rings. The van der Waals surface area contributed by atoms with E-state index in [2.05, 4.69) is 69.6 Å². The number of aromatic nitrogens is 3. The molecular formula is C42H55FN6O4S. The van der Waals surface area contributed by atoms with E-state index in [0.717, 1.165) is 71.1 Å². The molecule has 1 saturated heterocycles. The molecule has 1 saturated carbocycles. The standard InChI is InChI=1S/C42H55FN6O4S/c1-30-39(31(2)49(47-30)29-53-26-27-54(3,4)5)34-14-16-36(17-15-34)45-40(50)37(46-41(51)42(43)19-20-42)9-7-6-8-32-10-12-33(13-11-32)35-18-21-44-38(28-35)48-22-24-52-25-23-48/h10-18,21,28,37H,6-9,19-20,22-27,29H2,1-5H3,(H,45,50)(H,46,51). The molecule has 2 aromatic carbocycles. The van der Waals surface area contributed by atoms with Crippen LogP contribution in [0.15, 0.2) is 66.9 Å². The summed E-state index contributed by atoms with van der Waals surface area (Å²) in [5.74, 6) is 0.956. The van der Waals surface area contributed by atoms with Crippen LogP contribution in [0, 0.1) is 13.8 Å². The van der Waals surface area contributed by atoms with Crippen molar-refractivity contribution in [2.45, 2.75) is 70.8 Å². The van der Waals surface area contributed by atoms with Gasteiger partial charge in [-0.25, -0.2) is 24.1 Å². The number of nitrogens with one attached hydrogen (secondary N) is 2. The van der Waals surface area contributed by atoms with Crippen molar-refractivity contribution in [2.24, 2.45) is 0 Å². The number of morpholine rings is 1. The quantitative estimate of drug-likeness (QED) is 0.111. The number of aryl methyl sites for hydroxylation is 2. The Hall–Kier alpha value is -4.26.